The van der Waals surface area contributed by atoms with Gasteiger partial charge in [-0.05, 0) is 38.5 Å². The summed E-state index contributed by atoms with van der Waals surface area (Å²) in [5, 5.41) is 0. The zero-order valence-electron chi connectivity index (χ0n) is 11.1. The molecule has 0 bridgehead atoms. The van der Waals surface area contributed by atoms with Gasteiger partial charge in [0.1, 0.15) is 5.82 Å². The molecular weight excluding hydrogens is 224 g/mol. The Bertz CT molecular complexity index is 406. The highest BCUT2D eigenvalue weighted by atomic mass is 15.2. The summed E-state index contributed by atoms with van der Waals surface area (Å²) in [4.78, 5) is 11.1. The van der Waals surface area contributed by atoms with Crippen LogP contribution in [0.25, 0.3) is 0 Å². The van der Waals surface area contributed by atoms with Crippen LogP contribution in [0.4, 0.5) is 11.8 Å². The van der Waals surface area contributed by atoms with Gasteiger partial charge >= 0.3 is 0 Å². The maximum atomic E-state index is 5.78. The minimum Gasteiger partial charge on any atom is -0.368 e. The molecule has 4 nitrogen and oxygen atoms in total. The Kier molecular flexibility index (Phi) is 3.10. The Morgan fingerprint density at radius 2 is 1.94 bits per heavy atom. The molecule has 1 atom stereocenters. The molecular formula is C14H22N4. The third-order valence-electron chi connectivity index (χ3n) is 4.40. The summed E-state index contributed by atoms with van der Waals surface area (Å²) in [7, 11) is 0. The SMILES string of the molecule is Cc1cc(N2CCCC2C2CCCC2)nc(N)n1. The van der Waals surface area contributed by atoms with Crippen molar-refractivity contribution in [1.82, 2.24) is 9.97 Å². The van der Waals surface area contributed by atoms with Gasteiger partial charge in [-0.3, -0.25) is 0 Å². The summed E-state index contributed by atoms with van der Waals surface area (Å²) >= 11 is 0. The third kappa shape index (κ3) is 2.16. The zero-order chi connectivity index (χ0) is 12.5. The van der Waals surface area contributed by atoms with E-state index in [2.05, 4.69) is 20.9 Å². The maximum Gasteiger partial charge on any atom is 0.222 e. The van der Waals surface area contributed by atoms with E-state index in [0.29, 0.717) is 12.0 Å². The molecule has 0 aromatic carbocycles. The molecule has 0 radical (unpaired) electrons. The molecule has 0 spiro atoms. The number of anilines is 2. The first kappa shape index (κ1) is 11.8. The molecule has 2 aliphatic rings. The van der Waals surface area contributed by atoms with E-state index in [1.54, 1.807) is 0 Å². The van der Waals surface area contributed by atoms with Crippen LogP contribution in [0.3, 0.4) is 0 Å². The van der Waals surface area contributed by atoms with Gasteiger partial charge in [0.05, 0.1) is 0 Å². The standard InChI is InChI=1S/C14H22N4/c1-10-9-13(17-14(15)16-10)18-8-4-7-12(18)11-5-2-3-6-11/h9,11-12H,2-8H2,1H3,(H2,15,16,17). The van der Waals surface area contributed by atoms with Gasteiger partial charge in [-0.15, -0.1) is 0 Å². The lowest BCUT2D eigenvalue weighted by molar-refractivity contribution is 0.429. The van der Waals surface area contributed by atoms with Gasteiger partial charge in [0.25, 0.3) is 0 Å². The lowest BCUT2D eigenvalue weighted by Crippen LogP contribution is -2.35. The third-order valence-corrected chi connectivity index (χ3v) is 4.40. The fourth-order valence-corrected chi connectivity index (χ4v) is 3.63. The molecule has 1 aliphatic carbocycles. The van der Waals surface area contributed by atoms with E-state index < -0.39 is 0 Å². The summed E-state index contributed by atoms with van der Waals surface area (Å²) in [5.41, 5.74) is 6.74. The van der Waals surface area contributed by atoms with Gasteiger partial charge in [-0.25, -0.2) is 4.98 Å². The zero-order valence-corrected chi connectivity index (χ0v) is 11.1. The van der Waals surface area contributed by atoms with Crippen molar-refractivity contribution < 1.29 is 0 Å². The normalized spacial score (nSPS) is 24.9. The number of hydrogen-bond donors (Lipinski definition) is 1. The molecule has 2 N–H and O–H groups in total. The lowest BCUT2D eigenvalue weighted by Gasteiger charge is -2.30. The van der Waals surface area contributed by atoms with E-state index in [-0.39, 0.29) is 0 Å². The molecule has 1 aliphatic heterocycles. The minimum absolute atomic E-state index is 0.405. The molecule has 3 rings (SSSR count). The second-order valence-electron chi connectivity index (χ2n) is 5.67. The van der Waals surface area contributed by atoms with Crippen LogP contribution in [0.2, 0.25) is 0 Å². The largest absolute Gasteiger partial charge is 0.368 e. The average molecular weight is 246 g/mol. The van der Waals surface area contributed by atoms with E-state index in [1.165, 1.54) is 38.5 Å². The van der Waals surface area contributed by atoms with Crippen molar-refractivity contribution in [3.8, 4) is 0 Å². The average Bonchev–Trinajstić information content (AvgIpc) is 2.98. The molecule has 98 valence electrons. The molecule has 2 heterocycles. The van der Waals surface area contributed by atoms with Gasteiger partial charge in [0, 0.05) is 24.3 Å². The number of hydrogen-bond acceptors (Lipinski definition) is 4. The van der Waals surface area contributed by atoms with Crippen LogP contribution in [0, 0.1) is 12.8 Å². The lowest BCUT2D eigenvalue weighted by atomic mass is 9.96. The molecule has 1 saturated carbocycles. The maximum absolute atomic E-state index is 5.78. The highest BCUT2D eigenvalue weighted by molar-refractivity contribution is 5.45. The van der Waals surface area contributed by atoms with Crippen molar-refractivity contribution in [2.75, 3.05) is 17.2 Å². The van der Waals surface area contributed by atoms with Crippen LogP contribution < -0.4 is 10.6 Å². The topological polar surface area (TPSA) is 55.0 Å². The monoisotopic (exact) mass is 246 g/mol. The van der Waals surface area contributed by atoms with Gasteiger partial charge in [-0.1, -0.05) is 12.8 Å². The van der Waals surface area contributed by atoms with Crippen molar-refractivity contribution in [3.63, 3.8) is 0 Å². The number of aromatic nitrogens is 2. The van der Waals surface area contributed by atoms with Crippen LogP contribution in [0.15, 0.2) is 6.07 Å². The summed E-state index contributed by atoms with van der Waals surface area (Å²) in [6.45, 7) is 3.11. The van der Waals surface area contributed by atoms with Crippen molar-refractivity contribution in [2.45, 2.75) is 51.5 Å². The summed E-state index contributed by atoms with van der Waals surface area (Å²) < 4.78 is 0. The summed E-state index contributed by atoms with van der Waals surface area (Å²) in [6, 6.07) is 2.75. The summed E-state index contributed by atoms with van der Waals surface area (Å²) in [6.07, 6.45) is 8.18. The number of rotatable bonds is 2. The van der Waals surface area contributed by atoms with E-state index in [1.807, 2.05) is 6.92 Å². The van der Waals surface area contributed by atoms with Crippen molar-refractivity contribution in [1.29, 1.82) is 0 Å². The summed E-state index contributed by atoms with van der Waals surface area (Å²) in [5.74, 6) is 2.31. The van der Waals surface area contributed by atoms with Crippen LogP contribution in [0.5, 0.6) is 0 Å². The van der Waals surface area contributed by atoms with Gasteiger partial charge in [0.2, 0.25) is 5.95 Å². The Morgan fingerprint density at radius 1 is 1.17 bits per heavy atom. The molecule has 1 aromatic heterocycles. The van der Waals surface area contributed by atoms with Crippen molar-refractivity contribution >= 4 is 11.8 Å². The van der Waals surface area contributed by atoms with E-state index >= 15 is 0 Å². The number of aryl methyl sites for hydroxylation is 1. The predicted octanol–water partition coefficient (Wildman–Crippen LogP) is 2.53. The van der Waals surface area contributed by atoms with Crippen molar-refractivity contribution in [3.05, 3.63) is 11.8 Å². The molecule has 2 fully saturated rings. The number of nitrogen functional groups attached to an aromatic ring is 1. The van der Waals surface area contributed by atoms with Gasteiger partial charge in [-0.2, -0.15) is 4.98 Å². The van der Waals surface area contributed by atoms with Crippen LogP contribution in [-0.2, 0) is 0 Å². The highest BCUT2D eigenvalue weighted by Gasteiger charge is 2.34. The Balaban J connectivity index is 1.85. The smallest absolute Gasteiger partial charge is 0.222 e. The second-order valence-corrected chi connectivity index (χ2v) is 5.67. The molecule has 4 heteroatoms. The fraction of sp³-hybridized carbons (Fsp3) is 0.714. The van der Waals surface area contributed by atoms with Crippen LogP contribution >= 0.6 is 0 Å². The van der Waals surface area contributed by atoms with Crippen LogP contribution in [0.1, 0.15) is 44.2 Å². The molecule has 1 aromatic rings. The Hall–Kier alpha value is -1.32. The number of nitrogens with zero attached hydrogens (tertiary/aromatic N) is 3. The Labute approximate surface area is 109 Å². The van der Waals surface area contributed by atoms with E-state index in [0.717, 1.165) is 24.0 Å². The van der Waals surface area contributed by atoms with E-state index in [4.69, 9.17) is 5.73 Å². The first-order valence-corrected chi connectivity index (χ1v) is 7.12. The second kappa shape index (κ2) is 4.75. The fourth-order valence-electron chi connectivity index (χ4n) is 3.63. The van der Waals surface area contributed by atoms with Crippen LogP contribution in [-0.4, -0.2) is 22.6 Å². The molecule has 1 unspecified atom stereocenters. The predicted molar refractivity (Wildman–Crippen MR) is 73.5 cm³/mol. The first-order chi connectivity index (χ1) is 8.74. The Morgan fingerprint density at radius 3 is 2.67 bits per heavy atom. The minimum atomic E-state index is 0.405. The van der Waals surface area contributed by atoms with Crippen molar-refractivity contribution in [2.24, 2.45) is 5.92 Å². The molecule has 0 amide bonds. The molecule has 1 saturated heterocycles. The van der Waals surface area contributed by atoms with E-state index in [9.17, 15) is 0 Å². The van der Waals surface area contributed by atoms with Gasteiger partial charge < -0.3 is 10.6 Å². The van der Waals surface area contributed by atoms with Gasteiger partial charge in [0.15, 0.2) is 0 Å². The highest BCUT2D eigenvalue weighted by Crippen LogP contribution is 2.37. The first-order valence-electron chi connectivity index (χ1n) is 7.12. The quantitative estimate of drug-likeness (QED) is 0.871. The number of nitrogens with two attached hydrogens (primary N) is 1. The molecule has 18 heavy (non-hydrogen) atoms.